The summed E-state index contributed by atoms with van der Waals surface area (Å²) in [5.74, 6) is 1.41. The van der Waals surface area contributed by atoms with Crippen LogP contribution in [0.2, 0.25) is 0 Å². The van der Waals surface area contributed by atoms with Gasteiger partial charge in [-0.2, -0.15) is 0 Å². The highest BCUT2D eigenvalue weighted by Crippen LogP contribution is 2.35. The lowest BCUT2D eigenvalue weighted by Crippen LogP contribution is -2.39. The first kappa shape index (κ1) is 24.9. The molecule has 0 saturated carbocycles. The van der Waals surface area contributed by atoms with Crippen molar-refractivity contribution >= 4 is 5.91 Å². The number of hydrogen-bond donors (Lipinski definition) is 0. The Balaban J connectivity index is 1.58. The number of halogens is 1. The van der Waals surface area contributed by atoms with Gasteiger partial charge in [0.25, 0.3) is 5.91 Å². The highest BCUT2D eigenvalue weighted by Gasteiger charge is 2.36. The van der Waals surface area contributed by atoms with Gasteiger partial charge >= 0.3 is 0 Å². The maximum absolute atomic E-state index is 13.5. The molecule has 0 N–H and O–H groups in total. The van der Waals surface area contributed by atoms with Gasteiger partial charge in [-0.05, 0) is 59.4 Å². The lowest BCUT2D eigenvalue weighted by atomic mass is 9.88. The smallest absolute Gasteiger partial charge is 0.253 e. The van der Waals surface area contributed by atoms with E-state index in [-0.39, 0.29) is 17.6 Å². The molecule has 0 aromatic heterocycles. The van der Waals surface area contributed by atoms with E-state index in [1.165, 1.54) is 23.3 Å². The van der Waals surface area contributed by atoms with Gasteiger partial charge < -0.3 is 9.64 Å². The largest absolute Gasteiger partial charge is 0.497 e. The SMILES string of the molecule is COc1ccc(C2CN(Cc3ccccc3)CC2CN(CC(C)C)C(=O)c2ccc(F)cc2)cc1. The number of ether oxygens (including phenoxy) is 1. The summed E-state index contributed by atoms with van der Waals surface area (Å²) >= 11 is 0. The zero-order valence-electron chi connectivity index (χ0n) is 20.9. The Morgan fingerprint density at radius 1 is 1.00 bits per heavy atom. The van der Waals surface area contributed by atoms with Crippen molar-refractivity contribution in [3.8, 4) is 5.75 Å². The molecule has 0 spiro atoms. The molecule has 1 amide bonds. The monoisotopic (exact) mass is 474 g/mol. The van der Waals surface area contributed by atoms with E-state index in [4.69, 9.17) is 4.74 Å². The fourth-order valence-corrected chi connectivity index (χ4v) is 5.08. The third-order valence-corrected chi connectivity index (χ3v) is 6.73. The summed E-state index contributed by atoms with van der Waals surface area (Å²) in [4.78, 5) is 17.9. The minimum atomic E-state index is -0.330. The van der Waals surface area contributed by atoms with E-state index in [2.05, 4.69) is 55.1 Å². The first-order chi connectivity index (χ1) is 16.9. The van der Waals surface area contributed by atoms with Crippen LogP contribution in [0.5, 0.6) is 5.75 Å². The predicted molar refractivity (Wildman–Crippen MR) is 138 cm³/mol. The van der Waals surface area contributed by atoms with Crippen molar-refractivity contribution in [1.29, 1.82) is 0 Å². The lowest BCUT2D eigenvalue weighted by molar-refractivity contribution is 0.0703. The van der Waals surface area contributed by atoms with Crippen LogP contribution in [0.15, 0.2) is 78.9 Å². The molecule has 1 fully saturated rings. The maximum atomic E-state index is 13.5. The minimum absolute atomic E-state index is 0.0336. The van der Waals surface area contributed by atoms with Crippen LogP contribution >= 0.6 is 0 Å². The Labute approximate surface area is 208 Å². The molecule has 3 aromatic carbocycles. The highest BCUT2D eigenvalue weighted by molar-refractivity contribution is 5.94. The van der Waals surface area contributed by atoms with Crippen LogP contribution in [0.1, 0.15) is 41.3 Å². The number of amides is 1. The van der Waals surface area contributed by atoms with Crippen molar-refractivity contribution < 1.29 is 13.9 Å². The molecule has 0 radical (unpaired) electrons. The summed E-state index contributed by atoms with van der Waals surface area (Å²) in [5, 5.41) is 0. The zero-order chi connectivity index (χ0) is 24.8. The zero-order valence-corrected chi connectivity index (χ0v) is 20.9. The maximum Gasteiger partial charge on any atom is 0.253 e. The Hall–Kier alpha value is -3.18. The standard InChI is InChI=1S/C30H35FN2O2/c1-22(2)17-33(30(34)25-9-13-27(31)14-10-25)20-26-19-32(18-23-7-5-4-6-8-23)21-29(26)24-11-15-28(35-3)16-12-24/h4-16,22,26,29H,17-21H2,1-3H3. The summed E-state index contributed by atoms with van der Waals surface area (Å²) in [6, 6.07) is 24.8. The normalized spacial score (nSPS) is 18.1. The van der Waals surface area contributed by atoms with Gasteiger partial charge in [-0.3, -0.25) is 9.69 Å². The number of carbonyl (C=O) groups is 1. The fraction of sp³-hybridized carbons (Fsp3) is 0.367. The van der Waals surface area contributed by atoms with Crippen molar-refractivity contribution in [3.63, 3.8) is 0 Å². The van der Waals surface area contributed by atoms with E-state index < -0.39 is 0 Å². The van der Waals surface area contributed by atoms with Crippen LogP contribution < -0.4 is 4.74 Å². The molecule has 1 aliphatic heterocycles. The van der Waals surface area contributed by atoms with Crippen molar-refractivity contribution in [2.24, 2.45) is 11.8 Å². The minimum Gasteiger partial charge on any atom is -0.497 e. The predicted octanol–water partition coefficient (Wildman–Crippen LogP) is 5.85. The van der Waals surface area contributed by atoms with Gasteiger partial charge in [0, 0.05) is 44.2 Å². The van der Waals surface area contributed by atoms with Gasteiger partial charge in [-0.25, -0.2) is 4.39 Å². The topological polar surface area (TPSA) is 32.8 Å². The lowest BCUT2D eigenvalue weighted by Gasteiger charge is -2.30. The third-order valence-electron chi connectivity index (χ3n) is 6.73. The van der Waals surface area contributed by atoms with E-state index in [1.54, 1.807) is 19.2 Å². The highest BCUT2D eigenvalue weighted by atomic mass is 19.1. The number of hydrogen-bond acceptors (Lipinski definition) is 3. The van der Waals surface area contributed by atoms with Gasteiger partial charge in [0.15, 0.2) is 0 Å². The van der Waals surface area contributed by atoms with Crippen LogP contribution in [0.4, 0.5) is 4.39 Å². The van der Waals surface area contributed by atoms with Crippen molar-refractivity contribution in [2.45, 2.75) is 26.3 Å². The van der Waals surface area contributed by atoms with Crippen molar-refractivity contribution in [2.75, 3.05) is 33.3 Å². The summed E-state index contributed by atoms with van der Waals surface area (Å²) in [5.41, 5.74) is 3.10. The number of carbonyl (C=O) groups excluding carboxylic acids is 1. The molecule has 4 rings (SSSR count). The first-order valence-electron chi connectivity index (χ1n) is 12.4. The number of likely N-dealkylation sites (tertiary alicyclic amines) is 1. The molecule has 1 heterocycles. The third kappa shape index (κ3) is 6.49. The van der Waals surface area contributed by atoms with Gasteiger partial charge in [-0.15, -0.1) is 0 Å². The first-order valence-corrected chi connectivity index (χ1v) is 12.4. The average molecular weight is 475 g/mol. The number of rotatable bonds is 9. The molecular formula is C30H35FN2O2. The molecule has 1 saturated heterocycles. The fourth-order valence-electron chi connectivity index (χ4n) is 5.08. The van der Waals surface area contributed by atoms with Gasteiger partial charge in [0.1, 0.15) is 11.6 Å². The number of nitrogens with zero attached hydrogens (tertiary/aromatic N) is 2. The van der Waals surface area contributed by atoms with Gasteiger partial charge in [0.05, 0.1) is 7.11 Å². The summed E-state index contributed by atoms with van der Waals surface area (Å²) in [6.45, 7) is 8.32. The molecule has 3 aromatic rings. The molecule has 184 valence electrons. The Kier molecular flexibility index (Phi) is 8.19. The number of methoxy groups -OCH3 is 1. The molecule has 5 heteroatoms. The molecule has 4 nitrogen and oxygen atoms in total. The molecule has 1 aliphatic rings. The second kappa shape index (κ2) is 11.5. The molecule has 2 atom stereocenters. The van der Waals surface area contributed by atoms with Crippen LogP contribution in [0, 0.1) is 17.7 Å². The van der Waals surface area contributed by atoms with Crippen molar-refractivity contribution in [3.05, 3.63) is 101 Å². The van der Waals surface area contributed by atoms with Gasteiger partial charge in [-0.1, -0.05) is 56.3 Å². The molecular weight excluding hydrogens is 439 g/mol. The quantitative estimate of drug-likeness (QED) is 0.390. The molecule has 2 unspecified atom stereocenters. The van der Waals surface area contributed by atoms with Crippen LogP contribution in [0.3, 0.4) is 0 Å². The number of benzene rings is 3. The van der Waals surface area contributed by atoms with E-state index >= 15 is 0 Å². The molecule has 0 bridgehead atoms. The Morgan fingerprint density at radius 2 is 1.69 bits per heavy atom. The van der Waals surface area contributed by atoms with E-state index in [9.17, 15) is 9.18 Å². The average Bonchev–Trinajstić information content (AvgIpc) is 3.26. The summed E-state index contributed by atoms with van der Waals surface area (Å²) in [6.07, 6.45) is 0. The van der Waals surface area contributed by atoms with Gasteiger partial charge in [0.2, 0.25) is 0 Å². The summed E-state index contributed by atoms with van der Waals surface area (Å²) in [7, 11) is 1.68. The van der Waals surface area contributed by atoms with Crippen LogP contribution in [-0.4, -0.2) is 49.0 Å². The van der Waals surface area contributed by atoms with Crippen LogP contribution in [0.25, 0.3) is 0 Å². The Bertz CT molecular complexity index is 1080. The van der Waals surface area contributed by atoms with Crippen LogP contribution in [-0.2, 0) is 6.54 Å². The van der Waals surface area contributed by atoms with E-state index in [1.807, 2.05) is 23.1 Å². The van der Waals surface area contributed by atoms with E-state index in [0.29, 0.717) is 30.5 Å². The molecule has 35 heavy (non-hydrogen) atoms. The summed E-state index contributed by atoms with van der Waals surface area (Å²) < 4.78 is 18.8. The second-order valence-corrected chi connectivity index (χ2v) is 9.93. The second-order valence-electron chi connectivity index (χ2n) is 9.93. The van der Waals surface area contributed by atoms with E-state index in [0.717, 1.165) is 25.4 Å². The van der Waals surface area contributed by atoms with Crippen molar-refractivity contribution in [1.82, 2.24) is 9.80 Å². The molecule has 0 aliphatic carbocycles. The Morgan fingerprint density at radius 3 is 2.31 bits per heavy atom.